The van der Waals surface area contributed by atoms with Gasteiger partial charge in [0, 0.05) is 12.3 Å². The van der Waals surface area contributed by atoms with Crippen molar-refractivity contribution < 1.29 is 9.53 Å². The summed E-state index contributed by atoms with van der Waals surface area (Å²) in [5.41, 5.74) is 2.12. The number of nitrogens with one attached hydrogen (secondary N) is 1. The van der Waals surface area contributed by atoms with Crippen LogP contribution < -0.4 is 5.32 Å². The first-order valence-electron chi connectivity index (χ1n) is 6.31. The average Bonchev–Trinajstić information content (AvgIpc) is 2.40. The quantitative estimate of drug-likeness (QED) is 0.871. The lowest BCUT2D eigenvalue weighted by Gasteiger charge is -2.21. The maximum Gasteiger partial charge on any atom is 0.253 e. The zero-order chi connectivity index (χ0) is 12.1. The molecule has 1 amide bonds. The van der Waals surface area contributed by atoms with Crippen LogP contribution in [0.1, 0.15) is 31.7 Å². The molecule has 0 radical (unpaired) electrons. The van der Waals surface area contributed by atoms with Crippen LogP contribution in [0.3, 0.4) is 0 Å². The van der Waals surface area contributed by atoms with E-state index in [2.05, 4.69) is 12.2 Å². The van der Waals surface area contributed by atoms with E-state index in [-0.39, 0.29) is 12.0 Å². The molecule has 2 rings (SSSR count). The van der Waals surface area contributed by atoms with Gasteiger partial charge >= 0.3 is 0 Å². The van der Waals surface area contributed by atoms with Gasteiger partial charge in [-0.2, -0.15) is 0 Å². The largest absolute Gasteiger partial charge is 0.368 e. The fourth-order valence-corrected chi connectivity index (χ4v) is 1.99. The molecule has 1 unspecified atom stereocenters. The summed E-state index contributed by atoms with van der Waals surface area (Å²) >= 11 is 0. The molecule has 1 fully saturated rings. The summed E-state index contributed by atoms with van der Waals surface area (Å²) in [7, 11) is 0. The lowest BCUT2D eigenvalue weighted by atomic mass is 10.1. The molecule has 1 aromatic carbocycles. The molecule has 0 bridgehead atoms. The summed E-state index contributed by atoms with van der Waals surface area (Å²) in [4.78, 5) is 11.9. The Labute approximate surface area is 102 Å². The fourth-order valence-electron chi connectivity index (χ4n) is 1.99. The SMILES string of the molecule is CCc1ccc(NC(=O)C2CCCCO2)cc1. The highest BCUT2D eigenvalue weighted by atomic mass is 16.5. The molecule has 0 saturated carbocycles. The van der Waals surface area contributed by atoms with Crippen LogP contribution in [0, 0.1) is 0 Å². The lowest BCUT2D eigenvalue weighted by Crippen LogP contribution is -2.33. The van der Waals surface area contributed by atoms with E-state index in [0.717, 1.165) is 31.4 Å². The number of carbonyl (C=O) groups is 1. The minimum Gasteiger partial charge on any atom is -0.368 e. The van der Waals surface area contributed by atoms with Gasteiger partial charge in [0.25, 0.3) is 5.91 Å². The van der Waals surface area contributed by atoms with Crippen LogP contribution in [-0.2, 0) is 16.0 Å². The Morgan fingerprint density at radius 2 is 2.12 bits per heavy atom. The monoisotopic (exact) mass is 233 g/mol. The molecule has 1 N–H and O–H groups in total. The van der Waals surface area contributed by atoms with Crippen molar-refractivity contribution >= 4 is 11.6 Å². The molecule has 92 valence electrons. The molecule has 1 aliphatic heterocycles. The highest BCUT2D eigenvalue weighted by Crippen LogP contribution is 2.16. The normalized spacial score (nSPS) is 19.9. The van der Waals surface area contributed by atoms with Crippen molar-refractivity contribution in [3.05, 3.63) is 29.8 Å². The molecular weight excluding hydrogens is 214 g/mol. The van der Waals surface area contributed by atoms with E-state index in [9.17, 15) is 4.79 Å². The highest BCUT2D eigenvalue weighted by Gasteiger charge is 2.21. The Balaban J connectivity index is 1.92. The van der Waals surface area contributed by atoms with Gasteiger partial charge in [0.15, 0.2) is 0 Å². The standard InChI is InChI=1S/C14H19NO2/c1-2-11-6-8-12(9-7-11)15-14(16)13-5-3-4-10-17-13/h6-9,13H,2-5,10H2,1H3,(H,15,16). The molecule has 0 aromatic heterocycles. The van der Waals surface area contributed by atoms with Gasteiger partial charge in [0.1, 0.15) is 6.10 Å². The molecular formula is C14H19NO2. The van der Waals surface area contributed by atoms with Crippen LogP contribution in [0.4, 0.5) is 5.69 Å². The third-order valence-corrected chi connectivity index (χ3v) is 3.10. The Hall–Kier alpha value is -1.35. The second-order valence-electron chi connectivity index (χ2n) is 4.39. The third-order valence-electron chi connectivity index (χ3n) is 3.10. The number of benzene rings is 1. The van der Waals surface area contributed by atoms with E-state index in [4.69, 9.17) is 4.74 Å². The molecule has 1 saturated heterocycles. The Morgan fingerprint density at radius 3 is 2.71 bits per heavy atom. The number of ether oxygens (including phenoxy) is 1. The molecule has 1 aromatic rings. The van der Waals surface area contributed by atoms with Crippen LogP contribution in [0.15, 0.2) is 24.3 Å². The van der Waals surface area contributed by atoms with Crippen LogP contribution in [-0.4, -0.2) is 18.6 Å². The van der Waals surface area contributed by atoms with Gasteiger partial charge in [-0.3, -0.25) is 4.79 Å². The Morgan fingerprint density at radius 1 is 1.35 bits per heavy atom. The molecule has 1 heterocycles. The molecule has 3 nitrogen and oxygen atoms in total. The summed E-state index contributed by atoms with van der Waals surface area (Å²) in [5, 5.41) is 2.90. The summed E-state index contributed by atoms with van der Waals surface area (Å²) in [6.07, 6.45) is 3.72. The molecule has 0 spiro atoms. The van der Waals surface area contributed by atoms with Crippen molar-refractivity contribution in [1.82, 2.24) is 0 Å². The van der Waals surface area contributed by atoms with Crippen molar-refractivity contribution in [3.63, 3.8) is 0 Å². The van der Waals surface area contributed by atoms with E-state index in [0.29, 0.717) is 6.61 Å². The van der Waals surface area contributed by atoms with Crippen molar-refractivity contribution in [2.24, 2.45) is 0 Å². The topological polar surface area (TPSA) is 38.3 Å². The number of hydrogen-bond acceptors (Lipinski definition) is 2. The lowest BCUT2D eigenvalue weighted by molar-refractivity contribution is -0.129. The zero-order valence-electron chi connectivity index (χ0n) is 10.2. The first kappa shape index (κ1) is 12.1. The van der Waals surface area contributed by atoms with Crippen LogP contribution in [0.2, 0.25) is 0 Å². The van der Waals surface area contributed by atoms with Crippen molar-refractivity contribution in [1.29, 1.82) is 0 Å². The Bertz CT molecular complexity index is 366. The minimum absolute atomic E-state index is 0.0195. The summed E-state index contributed by atoms with van der Waals surface area (Å²) < 4.78 is 5.44. The number of carbonyl (C=O) groups excluding carboxylic acids is 1. The van der Waals surface area contributed by atoms with Crippen LogP contribution >= 0.6 is 0 Å². The number of rotatable bonds is 3. The number of aryl methyl sites for hydroxylation is 1. The fraction of sp³-hybridized carbons (Fsp3) is 0.500. The number of hydrogen-bond donors (Lipinski definition) is 1. The third kappa shape index (κ3) is 3.30. The predicted molar refractivity (Wildman–Crippen MR) is 68.0 cm³/mol. The maximum absolute atomic E-state index is 11.9. The van der Waals surface area contributed by atoms with Gasteiger partial charge in [-0.25, -0.2) is 0 Å². The smallest absolute Gasteiger partial charge is 0.253 e. The van der Waals surface area contributed by atoms with Crippen LogP contribution in [0.5, 0.6) is 0 Å². The molecule has 1 aliphatic rings. The van der Waals surface area contributed by atoms with Gasteiger partial charge in [0.2, 0.25) is 0 Å². The van der Waals surface area contributed by atoms with Crippen molar-refractivity contribution in [2.75, 3.05) is 11.9 Å². The first-order valence-corrected chi connectivity index (χ1v) is 6.31. The average molecular weight is 233 g/mol. The minimum atomic E-state index is -0.269. The van der Waals surface area contributed by atoms with Crippen molar-refractivity contribution in [2.45, 2.75) is 38.7 Å². The summed E-state index contributed by atoms with van der Waals surface area (Å²) in [5.74, 6) is -0.0195. The van der Waals surface area contributed by atoms with E-state index in [1.165, 1.54) is 5.56 Å². The summed E-state index contributed by atoms with van der Waals surface area (Å²) in [6.45, 7) is 2.82. The van der Waals surface area contributed by atoms with Gasteiger partial charge in [-0.15, -0.1) is 0 Å². The number of anilines is 1. The van der Waals surface area contributed by atoms with E-state index < -0.39 is 0 Å². The highest BCUT2D eigenvalue weighted by molar-refractivity contribution is 5.94. The molecule has 3 heteroatoms. The molecule has 0 aliphatic carbocycles. The van der Waals surface area contributed by atoms with Gasteiger partial charge in [-0.05, 0) is 43.4 Å². The second-order valence-corrected chi connectivity index (χ2v) is 4.39. The molecule has 17 heavy (non-hydrogen) atoms. The van der Waals surface area contributed by atoms with E-state index in [1.54, 1.807) is 0 Å². The first-order chi connectivity index (χ1) is 8.29. The molecule has 1 atom stereocenters. The van der Waals surface area contributed by atoms with E-state index in [1.807, 2.05) is 24.3 Å². The van der Waals surface area contributed by atoms with Gasteiger partial charge in [0.05, 0.1) is 0 Å². The second kappa shape index (κ2) is 5.82. The maximum atomic E-state index is 11.9. The zero-order valence-corrected chi connectivity index (χ0v) is 10.2. The summed E-state index contributed by atoms with van der Waals surface area (Å²) in [6, 6.07) is 7.97. The predicted octanol–water partition coefficient (Wildman–Crippen LogP) is 2.76. The van der Waals surface area contributed by atoms with Gasteiger partial charge < -0.3 is 10.1 Å². The van der Waals surface area contributed by atoms with Crippen LogP contribution in [0.25, 0.3) is 0 Å². The van der Waals surface area contributed by atoms with Gasteiger partial charge in [-0.1, -0.05) is 19.1 Å². The van der Waals surface area contributed by atoms with Crippen molar-refractivity contribution in [3.8, 4) is 0 Å². The van der Waals surface area contributed by atoms with E-state index >= 15 is 0 Å². The number of amides is 1. The Kier molecular flexibility index (Phi) is 4.15.